The number of anilines is 1. The maximum Gasteiger partial charge on any atom is 0.241 e. The lowest BCUT2D eigenvalue weighted by atomic mass is 9.96. The molecule has 6 nitrogen and oxygen atoms in total. The fourth-order valence-electron chi connectivity index (χ4n) is 2.77. The van der Waals surface area contributed by atoms with Gasteiger partial charge in [-0.2, -0.15) is 0 Å². The zero-order valence-corrected chi connectivity index (χ0v) is 14.1. The number of hydrogen-bond donors (Lipinski definition) is 2. The maximum atomic E-state index is 12.5. The van der Waals surface area contributed by atoms with Crippen LogP contribution in [0.2, 0.25) is 5.02 Å². The molecule has 23 heavy (non-hydrogen) atoms. The summed E-state index contributed by atoms with van der Waals surface area (Å²) in [4.78, 5) is 25.8. The highest BCUT2D eigenvalue weighted by Gasteiger charge is 2.30. The van der Waals surface area contributed by atoms with Crippen molar-refractivity contribution >= 4 is 29.1 Å². The van der Waals surface area contributed by atoms with Crippen LogP contribution in [0.25, 0.3) is 0 Å². The zero-order valence-electron chi connectivity index (χ0n) is 13.3. The van der Waals surface area contributed by atoms with E-state index in [-0.39, 0.29) is 23.8 Å². The first kappa shape index (κ1) is 17.6. The van der Waals surface area contributed by atoms with Gasteiger partial charge in [-0.25, -0.2) is 0 Å². The van der Waals surface area contributed by atoms with E-state index in [9.17, 15) is 9.59 Å². The molecule has 0 bridgehead atoms. The summed E-state index contributed by atoms with van der Waals surface area (Å²) in [5.41, 5.74) is 5.91. The van der Waals surface area contributed by atoms with Crippen molar-refractivity contribution in [3.8, 4) is 5.75 Å². The van der Waals surface area contributed by atoms with E-state index in [0.717, 1.165) is 19.4 Å². The molecule has 1 saturated heterocycles. The van der Waals surface area contributed by atoms with Gasteiger partial charge in [0.1, 0.15) is 5.75 Å². The predicted octanol–water partition coefficient (Wildman–Crippen LogP) is 1.87. The normalized spacial score (nSPS) is 19.9. The molecule has 0 aromatic heterocycles. The highest BCUT2D eigenvalue weighted by molar-refractivity contribution is 6.31. The molecule has 3 N–H and O–H groups in total. The van der Waals surface area contributed by atoms with Gasteiger partial charge in [-0.1, -0.05) is 11.6 Å². The molecule has 7 heteroatoms. The summed E-state index contributed by atoms with van der Waals surface area (Å²) in [6, 6.07) is 4.67. The van der Waals surface area contributed by atoms with E-state index >= 15 is 0 Å². The molecule has 2 atom stereocenters. The first-order valence-corrected chi connectivity index (χ1v) is 7.98. The average molecular weight is 340 g/mol. The van der Waals surface area contributed by atoms with Gasteiger partial charge in [-0.3, -0.25) is 14.5 Å². The van der Waals surface area contributed by atoms with E-state index in [1.807, 2.05) is 11.8 Å². The number of primary amides is 1. The van der Waals surface area contributed by atoms with Crippen LogP contribution in [-0.2, 0) is 9.59 Å². The number of amides is 2. The molecular formula is C16H22ClN3O3. The molecule has 2 rings (SSSR count). The predicted molar refractivity (Wildman–Crippen MR) is 89.6 cm³/mol. The fraction of sp³-hybridized carbons (Fsp3) is 0.500. The van der Waals surface area contributed by atoms with E-state index in [2.05, 4.69) is 5.32 Å². The van der Waals surface area contributed by atoms with Crippen LogP contribution in [0.1, 0.15) is 19.8 Å². The zero-order chi connectivity index (χ0) is 17.0. The number of benzene rings is 1. The van der Waals surface area contributed by atoms with Crippen LogP contribution in [0.5, 0.6) is 5.75 Å². The van der Waals surface area contributed by atoms with E-state index in [1.165, 1.54) is 7.11 Å². The number of methoxy groups -OCH3 is 1. The second-order valence-corrected chi connectivity index (χ2v) is 6.18. The number of nitrogens with one attached hydrogen (secondary N) is 1. The molecular weight excluding hydrogens is 318 g/mol. The summed E-state index contributed by atoms with van der Waals surface area (Å²) in [7, 11) is 1.53. The lowest BCUT2D eigenvalue weighted by molar-refractivity contribution is -0.127. The van der Waals surface area contributed by atoms with E-state index in [1.54, 1.807) is 18.2 Å². The maximum absolute atomic E-state index is 12.5. The molecule has 0 spiro atoms. The van der Waals surface area contributed by atoms with Gasteiger partial charge in [-0.05, 0) is 44.5 Å². The van der Waals surface area contributed by atoms with Crippen molar-refractivity contribution in [3.63, 3.8) is 0 Å². The number of likely N-dealkylation sites (tertiary alicyclic amines) is 1. The van der Waals surface area contributed by atoms with Crippen LogP contribution >= 0.6 is 11.6 Å². The van der Waals surface area contributed by atoms with Crippen molar-refractivity contribution in [2.75, 3.05) is 25.5 Å². The van der Waals surface area contributed by atoms with Crippen molar-refractivity contribution < 1.29 is 14.3 Å². The molecule has 126 valence electrons. The molecule has 1 aliphatic rings. The van der Waals surface area contributed by atoms with Crippen LogP contribution in [0.4, 0.5) is 5.69 Å². The van der Waals surface area contributed by atoms with Crippen LogP contribution in [0, 0.1) is 5.92 Å². The van der Waals surface area contributed by atoms with Crippen LogP contribution < -0.4 is 15.8 Å². The summed E-state index contributed by atoms with van der Waals surface area (Å²) in [5, 5.41) is 3.35. The third-order valence-electron chi connectivity index (χ3n) is 4.20. The molecule has 1 aliphatic heterocycles. The lowest BCUT2D eigenvalue weighted by Crippen LogP contribution is -2.49. The molecule has 1 aromatic rings. The second kappa shape index (κ2) is 7.66. The number of carbonyl (C=O) groups is 2. The van der Waals surface area contributed by atoms with E-state index < -0.39 is 0 Å². The third-order valence-corrected chi connectivity index (χ3v) is 4.44. The summed E-state index contributed by atoms with van der Waals surface area (Å²) >= 11 is 5.97. The molecule has 1 fully saturated rings. The highest BCUT2D eigenvalue weighted by Crippen LogP contribution is 2.28. The van der Waals surface area contributed by atoms with Gasteiger partial charge in [0.2, 0.25) is 11.8 Å². The van der Waals surface area contributed by atoms with Gasteiger partial charge in [0.15, 0.2) is 0 Å². The number of nitrogens with two attached hydrogens (primary N) is 1. The molecule has 2 amide bonds. The molecule has 1 aromatic carbocycles. The minimum Gasteiger partial charge on any atom is -0.495 e. The topological polar surface area (TPSA) is 84.7 Å². The fourth-order valence-corrected chi connectivity index (χ4v) is 2.94. The summed E-state index contributed by atoms with van der Waals surface area (Å²) in [6.07, 6.45) is 1.63. The van der Waals surface area contributed by atoms with Crippen molar-refractivity contribution in [1.29, 1.82) is 0 Å². The van der Waals surface area contributed by atoms with E-state index in [0.29, 0.717) is 23.0 Å². The van der Waals surface area contributed by atoms with Gasteiger partial charge >= 0.3 is 0 Å². The second-order valence-electron chi connectivity index (χ2n) is 5.75. The number of halogens is 1. The Labute approximate surface area is 140 Å². The van der Waals surface area contributed by atoms with Gasteiger partial charge < -0.3 is 15.8 Å². The summed E-state index contributed by atoms with van der Waals surface area (Å²) < 4.78 is 5.23. The summed E-state index contributed by atoms with van der Waals surface area (Å²) in [6.45, 7) is 3.09. The summed E-state index contributed by atoms with van der Waals surface area (Å²) in [5.74, 6) is -0.127. The van der Waals surface area contributed by atoms with Crippen molar-refractivity contribution in [2.45, 2.75) is 25.8 Å². The van der Waals surface area contributed by atoms with Crippen molar-refractivity contribution in [1.82, 2.24) is 4.90 Å². The molecule has 1 heterocycles. The number of rotatable bonds is 5. The molecule has 0 unspecified atom stereocenters. The average Bonchev–Trinajstić information content (AvgIpc) is 2.54. The van der Waals surface area contributed by atoms with Crippen LogP contribution in [0.15, 0.2) is 18.2 Å². The van der Waals surface area contributed by atoms with E-state index in [4.69, 9.17) is 22.1 Å². The largest absolute Gasteiger partial charge is 0.495 e. The quantitative estimate of drug-likeness (QED) is 0.857. The van der Waals surface area contributed by atoms with Gasteiger partial charge in [0.05, 0.1) is 24.8 Å². The van der Waals surface area contributed by atoms with Crippen molar-refractivity contribution in [3.05, 3.63) is 23.2 Å². The van der Waals surface area contributed by atoms with Crippen LogP contribution in [-0.4, -0.2) is 43.0 Å². The highest BCUT2D eigenvalue weighted by atomic mass is 35.5. The Bertz CT molecular complexity index is 594. The number of ether oxygens (including phenoxy) is 1. The lowest BCUT2D eigenvalue weighted by Gasteiger charge is -2.34. The number of hydrogen-bond acceptors (Lipinski definition) is 4. The number of piperidine rings is 1. The molecule has 0 aliphatic carbocycles. The van der Waals surface area contributed by atoms with Crippen LogP contribution in [0.3, 0.4) is 0 Å². The standard InChI is InChI=1S/C16H22ClN3O3/c1-10(20-7-3-4-11(9-20)15(18)21)16(22)19-13-8-12(17)5-6-14(13)23-2/h5-6,8,10-11H,3-4,7,9H2,1-2H3,(H2,18,21)(H,19,22)/t10-,11+/m1/s1. The Morgan fingerprint density at radius 1 is 1.48 bits per heavy atom. The Balaban J connectivity index is 2.05. The minimum absolute atomic E-state index is 0.171. The first-order valence-electron chi connectivity index (χ1n) is 7.60. The number of nitrogens with zero attached hydrogens (tertiary/aromatic N) is 1. The van der Waals surface area contributed by atoms with Gasteiger partial charge in [0.25, 0.3) is 0 Å². The van der Waals surface area contributed by atoms with Crippen molar-refractivity contribution in [2.24, 2.45) is 11.7 Å². The number of carbonyl (C=O) groups excluding carboxylic acids is 2. The molecule has 0 saturated carbocycles. The van der Waals surface area contributed by atoms with Gasteiger partial charge in [-0.15, -0.1) is 0 Å². The first-order chi connectivity index (χ1) is 10.9. The Morgan fingerprint density at radius 2 is 2.22 bits per heavy atom. The monoisotopic (exact) mass is 339 g/mol. The SMILES string of the molecule is COc1ccc(Cl)cc1NC(=O)[C@@H](C)N1CCC[C@H](C(N)=O)C1. The Kier molecular flexibility index (Phi) is 5.85. The molecule has 0 radical (unpaired) electrons. The van der Waals surface area contributed by atoms with Gasteiger partial charge in [0, 0.05) is 11.6 Å². The third kappa shape index (κ3) is 4.36. The Hall–Kier alpha value is -1.79. The smallest absolute Gasteiger partial charge is 0.241 e. The Morgan fingerprint density at radius 3 is 2.87 bits per heavy atom. The minimum atomic E-state index is -0.374.